The number of hydrogen-bond acceptors (Lipinski definition) is 3. The number of unbranched alkanes of at least 4 members (excludes halogenated alkanes) is 11. The first kappa shape index (κ1) is 20.0. The van der Waals surface area contributed by atoms with E-state index in [0.29, 0.717) is 12.4 Å². The molecule has 0 aliphatic rings. The van der Waals surface area contributed by atoms with Crippen molar-refractivity contribution in [2.75, 3.05) is 6.61 Å². The van der Waals surface area contributed by atoms with E-state index < -0.39 is 6.16 Å². The second-order valence-corrected chi connectivity index (χ2v) is 5.79. The molecule has 0 saturated heterocycles. The number of allylic oxidation sites excluding steroid dienone is 1. The van der Waals surface area contributed by atoms with Gasteiger partial charge in [0, 0.05) is 0 Å². The highest BCUT2D eigenvalue weighted by atomic mass is 16.7. The fourth-order valence-electron chi connectivity index (χ4n) is 2.27. The summed E-state index contributed by atoms with van der Waals surface area (Å²) < 4.78 is 9.62. The van der Waals surface area contributed by atoms with Crippen molar-refractivity contribution in [3.05, 3.63) is 12.3 Å². The first-order chi connectivity index (χ1) is 10.2. The van der Waals surface area contributed by atoms with Crippen LogP contribution in [-0.2, 0) is 9.47 Å². The van der Waals surface area contributed by atoms with E-state index in [1.54, 1.807) is 6.92 Å². The van der Waals surface area contributed by atoms with Gasteiger partial charge in [0.2, 0.25) is 0 Å². The molecule has 0 heterocycles. The maximum absolute atomic E-state index is 11.0. The Morgan fingerprint density at radius 3 is 1.67 bits per heavy atom. The maximum atomic E-state index is 11.0. The molecule has 0 aromatic carbocycles. The fraction of sp³-hybridized carbons (Fsp3) is 0.833. The Kier molecular flexibility index (Phi) is 14.7. The lowest BCUT2D eigenvalue weighted by Crippen LogP contribution is -2.06. The normalized spacial score (nSPS) is 10.4. The third-order valence-electron chi connectivity index (χ3n) is 3.48. The number of ether oxygens (including phenoxy) is 2. The third-order valence-corrected chi connectivity index (χ3v) is 3.48. The fourth-order valence-corrected chi connectivity index (χ4v) is 2.27. The van der Waals surface area contributed by atoms with Gasteiger partial charge in [-0.15, -0.1) is 0 Å². The molecule has 3 heteroatoms. The SMILES string of the molecule is C=C(C)OC(=O)OCCCCCCCCCCCCCC. The van der Waals surface area contributed by atoms with Crippen LogP contribution in [0, 0.1) is 0 Å². The summed E-state index contributed by atoms with van der Waals surface area (Å²) in [6.07, 6.45) is 15.0. The maximum Gasteiger partial charge on any atom is 0.513 e. The van der Waals surface area contributed by atoms with Crippen LogP contribution in [-0.4, -0.2) is 12.8 Å². The molecule has 0 saturated carbocycles. The second kappa shape index (κ2) is 15.4. The Morgan fingerprint density at radius 1 is 0.810 bits per heavy atom. The topological polar surface area (TPSA) is 35.5 Å². The zero-order valence-corrected chi connectivity index (χ0v) is 14.1. The van der Waals surface area contributed by atoms with E-state index in [0.717, 1.165) is 12.8 Å². The molecule has 0 radical (unpaired) electrons. The van der Waals surface area contributed by atoms with Gasteiger partial charge in [0.25, 0.3) is 0 Å². The summed E-state index contributed by atoms with van der Waals surface area (Å²) in [5, 5.41) is 0. The van der Waals surface area contributed by atoms with E-state index in [4.69, 9.17) is 9.47 Å². The average Bonchev–Trinajstić information content (AvgIpc) is 2.43. The summed E-state index contributed by atoms with van der Waals surface area (Å²) >= 11 is 0. The highest BCUT2D eigenvalue weighted by Gasteiger charge is 2.02. The molecule has 0 unspecified atom stereocenters. The van der Waals surface area contributed by atoms with Crippen LogP contribution in [0.25, 0.3) is 0 Å². The highest BCUT2D eigenvalue weighted by Crippen LogP contribution is 2.12. The number of carbonyl (C=O) groups is 1. The Bertz CT molecular complexity index is 261. The molecule has 3 nitrogen and oxygen atoms in total. The number of rotatable bonds is 14. The van der Waals surface area contributed by atoms with Crippen LogP contribution >= 0.6 is 0 Å². The molecular weight excluding hydrogens is 264 g/mol. The molecule has 0 rings (SSSR count). The van der Waals surface area contributed by atoms with Crippen LogP contribution in [0.4, 0.5) is 4.79 Å². The van der Waals surface area contributed by atoms with Crippen LogP contribution in [0.2, 0.25) is 0 Å². The molecule has 0 amide bonds. The van der Waals surface area contributed by atoms with Gasteiger partial charge >= 0.3 is 6.16 Å². The Morgan fingerprint density at radius 2 is 1.24 bits per heavy atom. The quantitative estimate of drug-likeness (QED) is 0.212. The van der Waals surface area contributed by atoms with Gasteiger partial charge in [-0.05, 0) is 13.3 Å². The Hall–Kier alpha value is -0.990. The molecule has 124 valence electrons. The lowest BCUT2D eigenvalue weighted by atomic mass is 10.1. The van der Waals surface area contributed by atoms with Crippen LogP contribution < -0.4 is 0 Å². The molecule has 21 heavy (non-hydrogen) atoms. The summed E-state index contributed by atoms with van der Waals surface area (Å²) in [6.45, 7) is 7.82. The zero-order chi connectivity index (χ0) is 15.8. The molecule has 0 atom stereocenters. The lowest BCUT2D eigenvalue weighted by molar-refractivity contribution is 0.0763. The van der Waals surface area contributed by atoms with Crippen LogP contribution in [0.3, 0.4) is 0 Å². The minimum absolute atomic E-state index is 0.370. The van der Waals surface area contributed by atoms with Crippen molar-refractivity contribution in [2.45, 2.75) is 90.9 Å². The van der Waals surface area contributed by atoms with E-state index in [1.165, 1.54) is 64.2 Å². The molecule has 0 spiro atoms. The first-order valence-corrected chi connectivity index (χ1v) is 8.67. The summed E-state index contributed by atoms with van der Waals surface area (Å²) in [5.41, 5.74) is 0. The van der Waals surface area contributed by atoms with Gasteiger partial charge in [0.05, 0.1) is 6.61 Å². The molecule has 0 aliphatic carbocycles. The van der Waals surface area contributed by atoms with Crippen LogP contribution in [0.15, 0.2) is 12.3 Å². The van der Waals surface area contributed by atoms with Gasteiger partial charge in [0.15, 0.2) is 0 Å². The average molecular weight is 298 g/mol. The van der Waals surface area contributed by atoms with Gasteiger partial charge in [-0.25, -0.2) is 4.79 Å². The number of hydrogen-bond donors (Lipinski definition) is 0. The number of carbonyl (C=O) groups excluding carboxylic acids is 1. The minimum atomic E-state index is -0.634. The zero-order valence-electron chi connectivity index (χ0n) is 14.1. The summed E-state index contributed by atoms with van der Waals surface area (Å²) in [7, 11) is 0. The van der Waals surface area contributed by atoms with Crippen molar-refractivity contribution in [3.63, 3.8) is 0 Å². The predicted octanol–water partition coefficient (Wildman–Crippen LogP) is 6.37. The largest absolute Gasteiger partial charge is 0.513 e. The minimum Gasteiger partial charge on any atom is -0.434 e. The molecule has 0 bridgehead atoms. The van der Waals surface area contributed by atoms with Gasteiger partial charge in [-0.1, -0.05) is 84.1 Å². The molecule has 0 aromatic rings. The smallest absolute Gasteiger partial charge is 0.434 e. The van der Waals surface area contributed by atoms with E-state index in [9.17, 15) is 4.79 Å². The van der Waals surface area contributed by atoms with Gasteiger partial charge < -0.3 is 9.47 Å². The third kappa shape index (κ3) is 17.0. The van der Waals surface area contributed by atoms with Gasteiger partial charge in [-0.2, -0.15) is 0 Å². The molecular formula is C18H34O3. The van der Waals surface area contributed by atoms with E-state index in [-0.39, 0.29) is 0 Å². The summed E-state index contributed by atoms with van der Waals surface area (Å²) in [6, 6.07) is 0. The Labute approximate surface area is 131 Å². The van der Waals surface area contributed by atoms with Crippen molar-refractivity contribution in [3.8, 4) is 0 Å². The second-order valence-electron chi connectivity index (χ2n) is 5.79. The lowest BCUT2D eigenvalue weighted by Gasteiger charge is -2.05. The van der Waals surface area contributed by atoms with Crippen LogP contribution in [0.5, 0.6) is 0 Å². The molecule has 0 fully saturated rings. The van der Waals surface area contributed by atoms with Gasteiger partial charge in [0.1, 0.15) is 5.76 Å². The Balaban J connectivity index is 3.09. The van der Waals surface area contributed by atoms with Crippen molar-refractivity contribution in [2.24, 2.45) is 0 Å². The first-order valence-electron chi connectivity index (χ1n) is 8.67. The molecule has 0 N–H and O–H groups in total. The monoisotopic (exact) mass is 298 g/mol. The van der Waals surface area contributed by atoms with E-state index in [1.807, 2.05) is 0 Å². The van der Waals surface area contributed by atoms with Crippen LogP contribution in [0.1, 0.15) is 90.9 Å². The molecule has 0 aliphatic heterocycles. The predicted molar refractivity (Wildman–Crippen MR) is 88.3 cm³/mol. The van der Waals surface area contributed by atoms with E-state index in [2.05, 4.69) is 13.5 Å². The van der Waals surface area contributed by atoms with Crippen molar-refractivity contribution >= 4 is 6.16 Å². The molecule has 0 aromatic heterocycles. The summed E-state index contributed by atoms with van der Waals surface area (Å²) in [4.78, 5) is 11.0. The standard InChI is InChI=1S/C18H34O3/c1-4-5-6-7-8-9-10-11-12-13-14-15-16-20-18(19)21-17(2)3/h2,4-16H2,1,3H3. The van der Waals surface area contributed by atoms with Crippen molar-refractivity contribution < 1.29 is 14.3 Å². The van der Waals surface area contributed by atoms with Crippen molar-refractivity contribution in [1.29, 1.82) is 0 Å². The summed E-state index contributed by atoms with van der Waals surface area (Å²) in [5.74, 6) is 0.370. The van der Waals surface area contributed by atoms with Gasteiger partial charge in [-0.3, -0.25) is 0 Å². The van der Waals surface area contributed by atoms with Crippen molar-refractivity contribution in [1.82, 2.24) is 0 Å². The van der Waals surface area contributed by atoms with E-state index >= 15 is 0 Å². The highest BCUT2D eigenvalue weighted by molar-refractivity contribution is 5.61.